The Morgan fingerprint density at radius 2 is 1.19 bits per heavy atom. The van der Waals surface area contributed by atoms with Crippen LogP contribution in [0.15, 0.2) is 89.6 Å². The standard InChI is InChI=1S/C32H32N2Se2/c1-30(2)23-14-12-21(33-23)29(20-10-8-7-9-11-20)22-13-17-26(35-22)31(3,4)24-15-16-25(34-24)32(5,6)28-19-18-27(30)36-28/h7-19,34H,1-6H3/b29-21-. The van der Waals surface area contributed by atoms with Crippen LogP contribution in [-0.4, -0.2) is 39.7 Å². The van der Waals surface area contributed by atoms with Crippen molar-refractivity contribution in [1.29, 1.82) is 0 Å². The first-order valence-corrected chi connectivity index (χ1v) is 16.0. The molecule has 0 aliphatic carbocycles. The van der Waals surface area contributed by atoms with Gasteiger partial charge in [-0.05, 0) is 0 Å². The number of hydrogen-bond donors (Lipinski definition) is 1. The number of nitrogens with zero attached hydrogens (tertiary/aromatic N) is 1. The summed E-state index contributed by atoms with van der Waals surface area (Å²) in [5, 5.41) is 0. The predicted octanol–water partition coefficient (Wildman–Crippen LogP) is 6.84. The van der Waals surface area contributed by atoms with E-state index in [4.69, 9.17) is 4.99 Å². The number of rotatable bonds is 1. The van der Waals surface area contributed by atoms with Gasteiger partial charge in [-0.25, -0.2) is 0 Å². The van der Waals surface area contributed by atoms with Crippen LogP contribution in [0.2, 0.25) is 0 Å². The van der Waals surface area contributed by atoms with Crippen LogP contribution in [0.3, 0.4) is 0 Å². The van der Waals surface area contributed by atoms with Crippen LogP contribution < -0.4 is 0 Å². The molecule has 0 amide bonds. The monoisotopic (exact) mass is 604 g/mol. The van der Waals surface area contributed by atoms with Gasteiger partial charge in [-0.1, -0.05) is 0 Å². The van der Waals surface area contributed by atoms with Crippen molar-refractivity contribution in [1.82, 2.24) is 4.98 Å². The van der Waals surface area contributed by atoms with Crippen molar-refractivity contribution < 1.29 is 0 Å². The van der Waals surface area contributed by atoms with E-state index in [2.05, 4.69) is 125 Å². The molecule has 0 unspecified atom stereocenters. The SMILES string of the molecule is CC1(C)C2=N/C(=C(/c3ccccc3)c3ccc([se]3)C(C)(C)c3ccc([nH]3)C(C)(C)c3ccc1[se]3)C=C2. The summed E-state index contributed by atoms with van der Waals surface area (Å²) in [6.07, 6.45) is 4.50. The molecule has 0 saturated heterocycles. The number of hydrogen-bond acceptors (Lipinski definition) is 1. The van der Waals surface area contributed by atoms with E-state index in [0.29, 0.717) is 0 Å². The summed E-state index contributed by atoms with van der Waals surface area (Å²) in [5.41, 5.74) is 7.21. The fraction of sp³-hybridized carbons (Fsp3) is 0.281. The maximum absolute atomic E-state index is 5.32. The Kier molecular flexibility index (Phi) is 5.56. The Hall–Kier alpha value is -2.35. The van der Waals surface area contributed by atoms with Crippen molar-refractivity contribution in [3.63, 3.8) is 0 Å². The van der Waals surface area contributed by atoms with Crippen LogP contribution in [0.1, 0.15) is 76.2 Å². The number of allylic oxidation sites excluding steroid dienone is 2. The molecule has 3 aromatic heterocycles. The topological polar surface area (TPSA) is 28.1 Å². The number of aromatic nitrogens is 1. The van der Waals surface area contributed by atoms with Crippen LogP contribution in [0.25, 0.3) is 5.57 Å². The van der Waals surface area contributed by atoms with E-state index in [1.54, 1.807) is 0 Å². The molecule has 6 rings (SSSR count). The fourth-order valence-electron chi connectivity index (χ4n) is 5.20. The molecule has 5 heterocycles. The molecule has 4 aromatic rings. The minimum absolute atomic E-state index is 0.0306. The summed E-state index contributed by atoms with van der Waals surface area (Å²) >= 11 is 0.498. The number of fused-ring (bicyclic) bond motifs is 7. The third kappa shape index (κ3) is 3.70. The van der Waals surface area contributed by atoms with Crippen molar-refractivity contribution in [2.45, 2.75) is 57.8 Å². The van der Waals surface area contributed by atoms with Gasteiger partial charge in [0.25, 0.3) is 0 Å². The summed E-state index contributed by atoms with van der Waals surface area (Å²) in [6.45, 7) is 14.2. The van der Waals surface area contributed by atoms with Gasteiger partial charge < -0.3 is 0 Å². The van der Waals surface area contributed by atoms with Gasteiger partial charge in [-0.2, -0.15) is 0 Å². The average Bonchev–Trinajstić information content (AvgIpc) is 3.66. The van der Waals surface area contributed by atoms with Gasteiger partial charge in [-0.3, -0.25) is 0 Å². The van der Waals surface area contributed by atoms with E-state index in [1.165, 1.54) is 46.0 Å². The summed E-state index contributed by atoms with van der Waals surface area (Å²) in [5.74, 6) is 0. The Balaban J connectivity index is 1.63. The number of benzene rings is 1. The van der Waals surface area contributed by atoms with Gasteiger partial charge in [0.1, 0.15) is 0 Å². The van der Waals surface area contributed by atoms with Crippen molar-refractivity contribution in [3.8, 4) is 0 Å². The van der Waals surface area contributed by atoms with E-state index < -0.39 is 0 Å². The van der Waals surface area contributed by atoms with E-state index in [-0.39, 0.29) is 45.3 Å². The van der Waals surface area contributed by atoms with Crippen molar-refractivity contribution in [2.24, 2.45) is 4.99 Å². The zero-order valence-corrected chi connectivity index (χ0v) is 25.2. The van der Waals surface area contributed by atoms with Crippen LogP contribution >= 0.6 is 0 Å². The molecule has 0 atom stereocenters. The number of aromatic amines is 1. The molecule has 0 spiro atoms. The molecule has 8 bridgehead atoms. The molecule has 2 aliphatic rings. The number of H-pyrrole nitrogens is 1. The van der Waals surface area contributed by atoms with Gasteiger partial charge in [0.15, 0.2) is 0 Å². The van der Waals surface area contributed by atoms with E-state index in [1.807, 2.05) is 0 Å². The summed E-state index contributed by atoms with van der Waals surface area (Å²) in [7, 11) is 0. The maximum atomic E-state index is 5.32. The molecule has 2 nitrogen and oxygen atoms in total. The minimum atomic E-state index is -0.104. The van der Waals surface area contributed by atoms with E-state index >= 15 is 0 Å². The quantitative estimate of drug-likeness (QED) is 0.231. The molecular weight excluding hydrogens is 570 g/mol. The van der Waals surface area contributed by atoms with Crippen molar-refractivity contribution in [3.05, 3.63) is 119 Å². The fourth-order valence-corrected chi connectivity index (χ4v) is 10.3. The normalized spacial score (nSPS) is 21.4. The van der Waals surface area contributed by atoms with Crippen LogP contribution in [0.4, 0.5) is 0 Å². The second-order valence-corrected chi connectivity index (χ2v) is 16.0. The third-order valence-electron chi connectivity index (χ3n) is 7.94. The first kappa shape index (κ1) is 24.0. The second-order valence-electron chi connectivity index (χ2n) is 11.4. The molecule has 36 heavy (non-hydrogen) atoms. The Labute approximate surface area is 226 Å². The summed E-state index contributed by atoms with van der Waals surface area (Å²) in [4.78, 5) is 9.20. The van der Waals surface area contributed by atoms with Crippen LogP contribution in [-0.2, 0) is 16.2 Å². The van der Waals surface area contributed by atoms with Gasteiger partial charge >= 0.3 is 227 Å². The number of aliphatic imine (C=N–C) groups is 1. The molecule has 0 fully saturated rings. The first-order chi connectivity index (χ1) is 17.1. The summed E-state index contributed by atoms with van der Waals surface area (Å²) in [6, 6.07) is 24.9. The molecule has 0 radical (unpaired) electrons. The Morgan fingerprint density at radius 3 is 1.86 bits per heavy atom. The van der Waals surface area contributed by atoms with Crippen LogP contribution in [0, 0.1) is 0 Å². The van der Waals surface area contributed by atoms with Crippen LogP contribution in [0.5, 0.6) is 0 Å². The average molecular weight is 603 g/mol. The predicted molar refractivity (Wildman–Crippen MR) is 154 cm³/mol. The molecule has 1 N–H and O–H groups in total. The zero-order chi connectivity index (χ0) is 25.3. The number of nitrogens with one attached hydrogen (secondary N) is 1. The molecule has 182 valence electrons. The van der Waals surface area contributed by atoms with E-state index in [0.717, 1.165) is 5.70 Å². The Bertz CT molecular complexity index is 1550. The first-order valence-electron chi connectivity index (χ1n) is 12.6. The van der Waals surface area contributed by atoms with Gasteiger partial charge in [-0.15, -0.1) is 0 Å². The third-order valence-corrected chi connectivity index (χ3v) is 14.6. The van der Waals surface area contributed by atoms with Gasteiger partial charge in [0.05, 0.1) is 0 Å². The summed E-state index contributed by atoms with van der Waals surface area (Å²) < 4.78 is 5.92. The van der Waals surface area contributed by atoms with Gasteiger partial charge in [0.2, 0.25) is 0 Å². The molecule has 4 heteroatoms. The molecule has 2 aliphatic heterocycles. The molecular formula is C32H32N2Se2. The van der Waals surface area contributed by atoms with Gasteiger partial charge in [0, 0.05) is 0 Å². The van der Waals surface area contributed by atoms with Crippen molar-refractivity contribution in [2.75, 3.05) is 0 Å². The molecule has 0 saturated carbocycles. The Morgan fingerprint density at radius 1 is 0.611 bits per heavy atom. The van der Waals surface area contributed by atoms with E-state index in [9.17, 15) is 0 Å². The van der Waals surface area contributed by atoms with Crippen molar-refractivity contribution >= 4 is 40.3 Å². The molecule has 1 aromatic carbocycles. The second kappa shape index (κ2) is 8.33. The zero-order valence-electron chi connectivity index (χ0n) is 21.8.